The molecule has 0 heterocycles. The molecule has 1 saturated carbocycles. The minimum absolute atomic E-state index is 0. The summed E-state index contributed by atoms with van der Waals surface area (Å²) >= 11 is 0. The summed E-state index contributed by atoms with van der Waals surface area (Å²) < 4.78 is 30.8. The summed E-state index contributed by atoms with van der Waals surface area (Å²) in [7, 11) is 1.32. The normalized spacial score (nSPS) is 21.0. The number of methoxy groups -OCH3 is 1. The predicted octanol–water partition coefficient (Wildman–Crippen LogP) is 1.57. The molecule has 0 unspecified atom stereocenters. The van der Waals surface area contributed by atoms with Gasteiger partial charge >= 0.3 is 0 Å². The van der Waals surface area contributed by atoms with Gasteiger partial charge in [0.1, 0.15) is 5.60 Å². The van der Waals surface area contributed by atoms with Crippen molar-refractivity contribution < 1.29 is 13.5 Å². The quantitative estimate of drug-likeness (QED) is 0.753. The molecule has 12 heavy (non-hydrogen) atoms. The maximum Gasteiger partial charge on any atom is 0.288 e. The molecule has 2 N–H and O–H groups in total. The van der Waals surface area contributed by atoms with E-state index < -0.39 is 18.1 Å². The Morgan fingerprint density at radius 2 is 2.00 bits per heavy atom. The van der Waals surface area contributed by atoms with Gasteiger partial charge < -0.3 is 10.5 Å². The van der Waals surface area contributed by atoms with E-state index in [1.54, 1.807) is 0 Å². The molecular formula is C7H14ClF2NO. The van der Waals surface area contributed by atoms with Crippen LogP contribution in [-0.4, -0.2) is 25.2 Å². The number of alkyl halides is 2. The minimum atomic E-state index is -2.86. The second-order valence-electron chi connectivity index (χ2n) is 2.96. The Labute approximate surface area is 76.9 Å². The lowest BCUT2D eigenvalue weighted by molar-refractivity contribution is -0.226. The maximum atomic E-state index is 13.0. The Balaban J connectivity index is 0.00000121. The van der Waals surface area contributed by atoms with Gasteiger partial charge in [-0.05, 0) is 19.3 Å². The monoisotopic (exact) mass is 201 g/mol. The standard InChI is InChI=1S/C7H13F2NO.ClH/c1-11-6(3-2-4-6)7(8,9)5-10;/h2-5,10H2,1H3;1H. The summed E-state index contributed by atoms with van der Waals surface area (Å²) in [6.07, 6.45) is 1.66. The van der Waals surface area contributed by atoms with E-state index in [0.29, 0.717) is 12.8 Å². The highest BCUT2D eigenvalue weighted by Gasteiger charge is 2.56. The zero-order valence-electron chi connectivity index (χ0n) is 6.98. The molecule has 0 aromatic rings. The Hall–Kier alpha value is 0.0700. The maximum absolute atomic E-state index is 13.0. The first kappa shape index (κ1) is 12.1. The van der Waals surface area contributed by atoms with Crippen molar-refractivity contribution in [2.24, 2.45) is 5.73 Å². The van der Waals surface area contributed by atoms with Crippen LogP contribution in [0.15, 0.2) is 0 Å². The lowest BCUT2D eigenvalue weighted by Crippen LogP contribution is -2.58. The summed E-state index contributed by atoms with van der Waals surface area (Å²) in [5, 5.41) is 0. The summed E-state index contributed by atoms with van der Waals surface area (Å²) in [5.41, 5.74) is 3.70. The van der Waals surface area contributed by atoms with Crippen molar-refractivity contribution in [1.29, 1.82) is 0 Å². The van der Waals surface area contributed by atoms with Gasteiger partial charge in [0.25, 0.3) is 5.92 Å². The van der Waals surface area contributed by atoms with E-state index >= 15 is 0 Å². The Bertz CT molecular complexity index is 145. The number of hydrogen-bond acceptors (Lipinski definition) is 2. The predicted molar refractivity (Wildman–Crippen MR) is 44.8 cm³/mol. The van der Waals surface area contributed by atoms with Crippen LogP contribution >= 0.6 is 12.4 Å². The van der Waals surface area contributed by atoms with Crippen LogP contribution < -0.4 is 5.73 Å². The topological polar surface area (TPSA) is 35.2 Å². The molecule has 0 saturated heterocycles. The van der Waals surface area contributed by atoms with E-state index in [9.17, 15) is 8.78 Å². The molecule has 1 fully saturated rings. The smallest absolute Gasteiger partial charge is 0.288 e. The first-order chi connectivity index (χ1) is 5.08. The zero-order chi connectivity index (χ0) is 8.54. The third-order valence-electron chi connectivity index (χ3n) is 2.47. The van der Waals surface area contributed by atoms with Crippen LogP contribution in [0.25, 0.3) is 0 Å². The van der Waals surface area contributed by atoms with Crippen LogP contribution in [0.3, 0.4) is 0 Å². The Morgan fingerprint density at radius 1 is 1.50 bits per heavy atom. The molecule has 0 atom stereocenters. The van der Waals surface area contributed by atoms with Gasteiger partial charge in [-0.2, -0.15) is 0 Å². The lowest BCUT2D eigenvalue weighted by Gasteiger charge is -2.45. The van der Waals surface area contributed by atoms with Crippen molar-refractivity contribution in [3.05, 3.63) is 0 Å². The molecule has 1 aliphatic carbocycles. The third-order valence-corrected chi connectivity index (χ3v) is 2.47. The van der Waals surface area contributed by atoms with E-state index in [0.717, 1.165) is 6.42 Å². The fourth-order valence-corrected chi connectivity index (χ4v) is 1.40. The van der Waals surface area contributed by atoms with Gasteiger partial charge in [0, 0.05) is 7.11 Å². The molecule has 0 amide bonds. The fraction of sp³-hybridized carbons (Fsp3) is 1.00. The van der Waals surface area contributed by atoms with Crippen LogP contribution in [0.4, 0.5) is 8.78 Å². The highest BCUT2D eigenvalue weighted by molar-refractivity contribution is 5.85. The zero-order valence-corrected chi connectivity index (χ0v) is 7.79. The summed E-state index contributed by atoms with van der Waals surface area (Å²) in [6.45, 7) is -0.624. The SMILES string of the molecule is COC1(C(F)(F)CN)CCC1.Cl. The number of nitrogens with two attached hydrogens (primary N) is 1. The average Bonchev–Trinajstić information content (AvgIpc) is 1.86. The van der Waals surface area contributed by atoms with Gasteiger partial charge in [-0.25, -0.2) is 8.78 Å². The van der Waals surface area contributed by atoms with Crippen molar-refractivity contribution in [2.45, 2.75) is 30.8 Å². The van der Waals surface area contributed by atoms with E-state index in [1.165, 1.54) is 7.11 Å². The van der Waals surface area contributed by atoms with Crippen LogP contribution in [0.5, 0.6) is 0 Å². The Morgan fingerprint density at radius 3 is 2.08 bits per heavy atom. The number of rotatable bonds is 3. The van der Waals surface area contributed by atoms with Gasteiger partial charge in [0.05, 0.1) is 6.54 Å². The molecule has 0 aliphatic heterocycles. The van der Waals surface area contributed by atoms with E-state index in [2.05, 4.69) is 0 Å². The van der Waals surface area contributed by atoms with E-state index in [1.807, 2.05) is 0 Å². The van der Waals surface area contributed by atoms with Crippen molar-refractivity contribution in [2.75, 3.05) is 13.7 Å². The first-order valence-electron chi connectivity index (χ1n) is 3.71. The summed E-state index contributed by atoms with van der Waals surface area (Å²) in [4.78, 5) is 0. The van der Waals surface area contributed by atoms with Crippen molar-refractivity contribution >= 4 is 12.4 Å². The van der Waals surface area contributed by atoms with Crippen LogP contribution in [0, 0.1) is 0 Å². The van der Waals surface area contributed by atoms with E-state index in [4.69, 9.17) is 10.5 Å². The number of ether oxygens (including phenoxy) is 1. The minimum Gasteiger partial charge on any atom is -0.372 e. The average molecular weight is 202 g/mol. The summed E-state index contributed by atoms with van der Waals surface area (Å²) in [5.74, 6) is -2.86. The second-order valence-corrected chi connectivity index (χ2v) is 2.96. The van der Waals surface area contributed by atoms with Crippen molar-refractivity contribution in [1.82, 2.24) is 0 Å². The molecule has 0 radical (unpaired) electrons. The molecule has 0 bridgehead atoms. The van der Waals surface area contributed by atoms with E-state index in [-0.39, 0.29) is 12.4 Å². The molecule has 1 aliphatic rings. The molecule has 1 rings (SSSR count). The number of halogens is 3. The molecule has 5 heteroatoms. The highest BCUT2D eigenvalue weighted by Crippen LogP contribution is 2.46. The lowest BCUT2D eigenvalue weighted by atomic mass is 9.75. The Kier molecular flexibility index (Phi) is 3.87. The van der Waals surface area contributed by atoms with Gasteiger partial charge in [-0.15, -0.1) is 12.4 Å². The summed E-state index contributed by atoms with van der Waals surface area (Å²) in [6, 6.07) is 0. The number of hydrogen-bond donors (Lipinski definition) is 1. The van der Waals surface area contributed by atoms with Gasteiger partial charge in [0.2, 0.25) is 0 Å². The van der Waals surface area contributed by atoms with Gasteiger partial charge in [0.15, 0.2) is 0 Å². The third kappa shape index (κ3) is 1.56. The fourth-order valence-electron chi connectivity index (χ4n) is 1.40. The van der Waals surface area contributed by atoms with Gasteiger partial charge in [-0.3, -0.25) is 0 Å². The van der Waals surface area contributed by atoms with Crippen molar-refractivity contribution in [3.63, 3.8) is 0 Å². The largest absolute Gasteiger partial charge is 0.372 e. The first-order valence-corrected chi connectivity index (χ1v) is 3.71. The van der Waals surface area contributed by atoms with Crippen LogP contribution in [0.1, 0.15) is 19.3 Å². The highest BCUT2D eigenvalue weighted by atomic mass is 35.5. The molecule has 0 spiro atoms. The van der Waals surface area contributed by atoms with Crippen molar-refractivity contribution in [3.8, 4) is 0 Å². The molecule has 74 valence electrons. The molecule has 0 aromatic carbocycles. The second kappa shape index (κ2) is 3.85. The van der Waals surface area contributed by atoms with Gasteiger partial charge in [-0.1, -0.05) is 0 Å². The molecule has 2 nitrogen and oxygen atoms in total. The van der Waals surface area contributed by atoms with Crippen LogP contribution in [-0.2, 0) is 4.74 Å². The van der Waals surface area contributed by atoms with Crippen LogP contribution in [0.2, 0.25) is 0 Å². The molecule has 0 aromatic heterocycles. The molecular weight excluding hydrogens is 188 g/mol.